The van der Waals surface area contributed by atoms with Crippen molar-refractivity contribution in [3.05, 3.63) is 58.1 Å². The van der Waals surface area contributed by atoms with Crippen LogP contribution in [-0.2, 0) is 6.42 Å². The fourth-order valence-electron chi connectivity index (χ4n) is 2.06. The molecule has 0 atom stereocenters. The van der Waals surface area contributed by atoms with E-state index in [1.165, 1.54) is 0 Å². The Kier molecular flexibility index (Phi) is 5.39. The molecule has 0 unspecified atom stereocenters. The molecule has 2 aromatic rings. The van der Waals surface area contributed by atoms with E-state index in [-0.39, 0.29) is 5.78 Å². The third kappa shape index (κ3) is 4.08. The minimum Gasteiger partial charge on any atom is -0.496 e. The van der Waals surface area contributed by atoms with Crippen molar-refractivity contribution in [3.63, 3.8) is 0 Å². The SMILES string of the molecule is CCOc1ccc(C(=O)Cc2cc(Br)ccc2OC)cc1. The highest BCUT2D eigenvalue weighted by Gasteiger charge is 2.11. The lowest BCUT2D eigenvalue weighted by Gasteiger charge is -2.09. The lowest BCUT2D eigenvalue weighted by Crippen LogP contribution is -2.05. The summed E-state index contributed by atoms with van der Waals surface area (Å²) in [4.78, 5) is 12.4. The molecule has 2 aromatic carbocycles. The molecule has 21 heavy (non-hydrogen) atoms. The zero-order chi connectivity index (χ0) is 15.2. The monoisotopic (exact) mass is 348 g/mol. The Morgan fingerprint density at radius 1 is 1.14 bits per heavy atom. The fourth-order valence-corrected chi connectivity index (χ4v) is 2.47. The van der Waals surface area contributed by atoms with Crippen LogP contribution in [-0.4, -0.2) is 19.5 Å². The number of hydrogen-bond acceptors (Lipinski definition) is 3. The van der Waals surface area contributed by atoms with Gasteiger partial charge in [-0.3, -0.25) is 4.79 Å². The van der Waals surface area contributed by atoms with Gasteiger partial charge in [-0.05, 0) is 49.4 Å². The summed E-state index contributed by atoms with van der Waals surface area (Å²) in [7, 11) is 1.61. The van der Waals surface area contributed by atoms with Crippen molar-refractivity contribution < 1.29 is 14.3 Å². The van der Waals surface area contributed by atoms with Crippen molar-refractivity contribution in [2.45, 2.75) is 13.3 Å². The molecule has 0 amide bonds. The Balaban J connectivity index is 2.15. The first kappa shape index (κ1) is 15.6. The second-order valence-corrected chi connectivity index (χ2v) is 5.43. The van der Waals surface area contributed by atoms with Crippen LogP contribution < -0.4 is 9.47 Å². The maximum atomic E-state index is 12.4. The molecule has 4 heteroatoms. The number of methoxy groups -OCH3 is 1. The topological polar surface area (TPSA) is 35.5 Å². The number of ketones is 1. The lowest BCUT2D eigenvalue weighted by molar-refractivity contribution is 0.0992. The number of hydrogen-bond donors (Lipinski definition) is 0. The minimum absolute atomic E-state index is 0.0504. The highest BCUT2D eigenvalue weighted by Crippen LogP contribution is 2.24. The molecule has 110 valence electrons. The Morgan fingerprint density at radius 2 is 1.86 bits per heavy atom. The van der Waals surface area contributed by atoms with Crippen molar-refractivity contribution in [1.29, 1.82) is 0 Å². The Hall–Kier alpha value is -1.81. The summed E-state index contributed by atoms with van der Waals surface area (Å²) in [6, 6.07) is 12.9. The third-order valence-electron chi connectivity index (χ3n) is 3.08. The minimum atomic E-state index is 0.0504. The number of carbonyl (C=O) groups is 1. The summed E-state index contributed by atoms with van der Waals surface area (Å²) in [5.41, 5.74) is 1.53. The highest BCUT2D eigenvalue weighted by molar-refractivity contribution is 9.10. The summed E-state index contributed by atoms with van der Waals surface area (Å²) < 4.78 is 11.6. The molecule has 3 nitrogen and oxygen atoms in total. The lowest BCUT2D eigenvalue weighted by atomic mass is 10.0. The molecule has 0 saturated heterocycles. The summed E-state index contributed by atoms with van der Waals surface area (Å²) >= 11 is 3.42. The van der Waals surface area contributed by atoms with E-state index in [4.69, 9.17) is 9.47 Å². The van der Waals surface area contributed by atoms with Gasteiger partial charge in [0.2, 0.25) is 0 Å². The molecule has 0 spiro atoms. The van der Waals surface area contributed by atoms with Gasteiger partial charge in [0.25, 0.3) is 0 Å². The summed E-state index contributed by atoms with van der Waals surface area (Å²) in [5.74, 6) is 1.54. The largest absolute Gasteiger partial charge is 0.496 e. The van der Waals surface area contributed by atoms with Gasteiger partial charge in [-0.1, -0.05) is 15.9 Å². The van der Waals surface area contributed by atoms with E-state index < -0.39 is 0 Å². The molecule has 0 radical (unpaired) electrons. The quantitative estimate of drug-likeness (QED) is 0.730. The molecule has 0 N–H and O–H groups in total. The standard InChI is InChI=1S/C17H17BrO3/c1-3-21-15-7-4-12(5-8-15)16(19)11-13-10-14(18)6-9-17(13)20-2/h4-10H,3,11H2,1-2H3. The third-order valence-corrected chi connectivity index (χ3v) is 3.57. The number of Topliss-reactive ketones (excluding diaryl/α,β-unsaturated/α-hetero) is 1. The van der Waals surface area contributed by atoms with E-state index in [0.29, 0.717) is 18.6 Å². The van der Waals surface area contributed by atoms with E-state index in [1.807, 2.05) is 37.3 Å². The van der Waals surface area contributed by atoms with Gasteiger partial charge in [-0.25, -0.2) is 0 Å². The average Bonchev–Trinajstić information content (AvgIpc) is 2.48. The first-order valence-corrected chi connectivity index (χ1v) is 7.51. The van der Waals surface area contributed by atoms with Crippen LogP contribution in [0.3, 0.4) is 0 Å². The molecule has 0 aromatic heterocycles. The Bertz CT molecular complexity index is 620. The molecule has 2 rings (SSSR count). The van der Waals surface area contributed by atoms with Gasteiger partial charge in [-0.2, -0.15) is 0 Å². The number of rotatable bonds is 6. The van der Waals surface area contributed by atoms with E-state index in [2.05, 4.69) is 15.9 Å². The fraction of sp³-hybridized carbons (Fsp3) is 0.235. The van der Waals surface area contributed by atoms with Gasteiger partial charge in [0.1, 0.15) is 11.5 Å². The van der Waals surface area contributed by atoms with Gasteiger partial charge in [-0.15, -0.1) is 0 Å². The highest BCUT2D eigenvalue weighted by atomic mass is 79.9. The molecule has 0 aliphatic heterocycles. The van der Waals surface area contributed by atoms with Crippen LogP contribution in [0.25, 0.3) is 0 Å². The summed E-state index contributed by atoms with van der Waals surface area (Å²) in [6.45, 7) is 2.54. The van der Waals surface area contributed by atoms with Crippen molar-refractivity contribution in [3.8, 4) is 11.5 Å². The maximum Gasteiger partial charge on any atom is 0.167 e. The number of benzene rings is 2. The number of halogens is 1. The summed E-state index contributed by atoms with van der Waals surface area (Å²) in [5, 5.41) is 0. The molecule has 0 saturated carbocycles. The van der Waals surface area contributed by atoms with Crippen LogP contribution >= 0.6 is 15.9 Å². The van der Waals surface area contributed by atoms with Crippen LogP contribution in [0.2, 0.25) is 0 Å². The van der Waals surface area contributed by atoms with Gasteiger partial charge < -0.3 is 9.47 Å². The Morgan fingerprint density at radius 3 is 2.48 bits per heavy atom. The zero-order valence-electron chi connectivity index (χ0n) is 12.1. The molecule has 0 bridgehead atoms. The molecule has 0 heterocycles. The zero-order valence-corrected chi connectivity index (χ0v) is 13.6. The van der Waals surface area contributed by atoms with Crippen molar-refractivity contribution in [2.24, 2.45) is 0 Å². The predicted octanol–water partition coefficient (Wildman–Crippen LogP) is 4.28. The van der Waals surface area contributed by atoms with Gasteiger partial charge >= 0.3 is 0 Å². The second-order valence-electron chi connectivity index (χ2n) is 4.51. The Labute approximate surface area is 133 Å². The first-order valence-electron chi connectivity index (χ1n) is 6.72. The normalized spacial score (nSPS) is 10.2. The van der Waals surface area contributed by atoms with Gasteiger partial charge in [0.05, 0.1) is 13.7 Å². The average molecular weight is 349 g/mol. The van der Waals surface area contributed by atoms with Crippen LogP contribution in [0.15, 0.2) is 46.9 Å². The van der Waals surface area contributed by atoms with Crippen molar-refractivity contribution in [1.82, 2.24) is 0 Å². The van der Waals surface area contributed by atoms with Crippen LogP contribution in [0.5, 0.6) is 11.5 Å². The predicted molar refractivity (Wildman–Crippen MR) is 86.3 cm³/mol. The molecular weight excluding hydrogens is 332 g/mol. The van der Waals surface area contributed by atoms with Crippen LogP contribution in [0.4, 0.5) is 0 Å². The molecule has 0 fully saturated rings. The number of carbonyl (C=O) groups excluding carboxylic acids is 1. The first-order chi connectivity index (χ1) is 10.1. The van der Waals surface area contributed by atoms with E-state index in [9.17, 15) is 4.79 Å². The van der Waals surface area contributed by atoms with E-state index in [0.717, 1.165) is 21.5 Å². The van der Waals surface area contributed by atoms with Crippen LogP contribution in [0.1, 0.15) is 22.8 Å². The molecular formula is C17H17BrO3. The van der Waals surface area contributed by atoms with Gasteiger partial charge in [0, 0.05) is 22.0 Å². The summed E-state index contributed by atoms with van der Waals surface area (Å²) in [6.07, 6.45) is 0.302. The molecule has 0 aliphatic carbocycles. The van der Waals surface area contributed by atoms with Crippen LogP contribution in [0, 0.1) is 0 Å². The maximum absolute atomic E-state index is 12.4. The molecule has 0 aliphatic rings. The second kappa shape index (κ2) is 7.27. The van der Waals surface area contributed by atoms with E-state index in [1.54, 1.807) is 19.2 Å². The number of ether oxygens (including phenoxy) is 2. The van der Waals surface area contributed by atoms with Crippen molar-refractivity contribution in [2.75, 3.05) is 13.7 Å². The van der Waals surface area contributed by atoms with E-state index >= 15 is 0 Å². The smallest absolute Gasteiger partial charge is 0.167 e. The van der Waals surface area contributed by atoms with Gasteiger partial charge in [0.15, 0.2) is 5.78 Å². The van der Waals surface area contributed by atoms with Crippen molar-refractivity contribution >= 4 is 21.7 Å².